The molecule has 4 rings (SSSR count). The number of amides is 1. The van der Waals surface area contributed by atoms with Crippen LogP contribution in [0.2, 0.25) is 5.02 Å². The maximum Gasteiger partial charge on any atom is 0.261 e. The molecule has 2 N–H and O–H groups in total. The lowest BCUT2D eigenvalue weighted by atomic mass is 10.2. The van der Waals surface area contributed by atoms with Crippen molar-refractivity contribution in [3.05, 3.63) is 70.8 Å². The maximum absolute atomic E-state index is 12.6. The number of carbonyl (C=O) groups excluding carboxylic acids is 1. The molecule has 32 heavy (non-hydrogen) atoms. The molecule has 3 aromatic rings. The van der Waals surface area contributed by atoms with Gasteiger partial charge in [0.15, 0.2) is 0 Å². The average molecular weight is 474 g/mol. The highest BCUT2D eigenvalue weighted by Crippen LogP contribution is 2.19. The van der Waals surface area contributed by atoms with E-state index in [0.717, 1.165) is 37.5 Å². The highest BCUT2D eigenvalue weighted by Gasteiger charge is 2.17. The van der Waals surface area contributed by atoms with Crippen molar-refractivity contribution >= 4 is 33.2 Å². The van der Waals surface area contributed by atoms with E-state index in [-0.39, 0.29) is 10.8 Å². The Bertz CT molecular complexity index is 1190. The van der Waals surface area contributed by atoms with Crippen LogP contribution in [-0.4, -0.2) is 35.6 Å². The zero-order valence-corrected chi connectivity index (χ0v) is 19.0. The van der Waals surface area contributed by atoms with Gasteiger partial charge in [-0.25, -0.2) is 8.42 Å². The summed E-state index contributed by atoms with van der Waals surface area (Å²) < 4.78 is 29.8. The van der Waals surface area contributed by atoms with Crippen LogP contribution in [0.5, 0.6) is 0 Å². The number of benzene rings is 2. The molecule has 0 saturated heterocycles. The number of fused-ring (bicyclic) bond motifs is 1. The largest absolute Gasteiger partial charge is 0.352 e. The molecule has 2 heterocycles. The van der Waals surface area contributed by atoms with Crippen LogP contribution in [0.1, 0.15) is 41.3 Å². The number of hydrogen-bond acceptors (Lipinski definition) is 5. The van der Waals surface area contributed by atoms with E-state index in [1.54, 1.807) is 24.3 Å². The van der Waals surface area contributed by atoms with Gasteiger partial charge in [-0.05, 0) is 61.4 Å². The molecule has 0 unspecified atom stereocenters. The average Bonchev–Trinajstić information content (AvgIpc) is 3.01. The summed E-state index contributed by atoms with van der Waals surface area (Å²) in [5.41, 5.74) is 0.790. The zero-order valence-electron chi connectivity index (χ0n) is 17.4. The van der Waals surface area contributed by atoms with Gasteiger partial charge in [-0.2, -0.15) is 0 Å². The van der Waals surface area contributed by atoms with Gasteiger partial charge >= 0.3 is 0 Å². The first-order valence-corrected chi connectivity index (χ1v) is 12.4. The minimum absolute atomic E-state index is 0.0650. The van der Waals surface area contributed by atoms with Crippen LogP contribution in [0.4, 0.5) is 5.69 Å². The minimum Gasteiger partial charge on any atom is -0.352 e. The van der Waals surface area contributed by atoms with E-state index >= 15 is 0 Å². The minimum atomic E-state index is -3.77. The summed E-state index contributed by atoms with van der Waals surface area (Å²) in [6, 6.07) is 12.2. The van der Waals surface area contributed by atoms with Crippen LogP contribution < -0.4 is 10.0 Å². The van der Waals surface area contributed by atoms with E-state index in [1.807, 2.05) is 0 Å². The third kappa shape index (κ3) is 5.28. The second kappa shape index (κ2) is 9.70. The van der Waals surface area contributed by atoms with Crippen LogP contribution in [-0.2, 0) is 29.4 Å². The molecule has 168 valence electrons. The maximum atomic E-state index is 12.6. The molecule has 8 nitrogen and oxygen atoms in total. The fraction of sp³-hybridized carbons (Fsp3) is 0.318. The third-order valence-corrected chi connectivity index (χ3v) is 6.99. The number of aromatic nitrogens is 3. The summed E-state index contributed by atoms with van der Waals surface area (Å²) in [6.07, 6.45) is 4.99. The zero-order chi connectivity index (χ0) is 22.6. The number of sulfonamides is 1. The van der Waals surface area contributed by atoms with E-state index in [1.165, 1.54) is 30.7 Å². The van der Waals surface area contributed by atoms with Crippen molar-refractivity contribution in [2.75, 3.05) is 11.3 Å². The van der Waals surface area contributed by atoms with Crippen molar-refractivity contribution in [3.8, 4) is 0 Å². The number of rotatable bonds is 7. The Hall–Kier alpha value is -2.91. The second-order valence-electron chi connectivity index (χ2n) is 7.64. The smallest absolute Gasteiger partial charge is 0.261 e. The Morgan fingerprint density at radius 2 is 1.75 bits per heavy atom. The lowest BCUT2D eigenvalue weighted by Crippen LogP contribution is -2.26. The fourth-order valence-corrected chi connectivity index (χ4v) is 4.82. The van der Waals surface area contributed by atoms with Gasteiger partial charge in [-0.15, -0.1) is 10.2 Å². The van der Waals surface area contributed by atoms with Crippen LogP contribution in [0.3, 0.4) is 0 Å². The molecule has 0 atom stereocenters. The van der Waals surface area contributed by atoms with Crippen LogP contribution >= 0.6 is 11.6 Å². The van der Waals surface area contributed by atoms with Crippen molar-refractivity contribution in [1.29, 1.82) is 0 Å². The topological polar surface area (TPSA) is 106 Å². The summed E-state index contributed by atoms with van der Waals surface area (Å²) in [7, 11) is -3.77. The Balaban J connectivity index is 1.34. The highest BCUT2D eigenvalue weighted by molar-refractivity contribution is 7.92. The van der Waals surface area contributed by atoms with Crippen molar-refractivity contribution in [2.45, 2.75) is 43.5 Å². The number of halogens is 1. The molecule has 0 fully saturated rings. The Kier molecular flexibility index (Phi) is 6.76. The van der Waals surface area contributed by atoms with Gasteiger partial charge in [-0.1, -0.05) is 18.0 Å². The van der Waals surface area contributed by atoms with E-state index in [0.29, 0.717) is 29.2 Å². The molecule has 10 heteroatoms. The molecule has 2 aromatic carbocycles. The van der Waals surface area contributed by atoms with Crippen molar-refractivity contribution < 1.29 is 13.2 Å². The van der Waals surface area contributed by atoms with Gasteiger partial charge < -0.3 is 9.88 Å². The summed E-state index contributed by atoms with van der Waals surface area (Å²) >= 11 is 5.83. The molecule has 1 aliphatic heterocycles. The predicted octanol–water partition coefficient (Wildman–Crippen LogP) is 3.43. The third-order valence-electron chi connectivity index (χ3n) is 5.34. The summed E-state index contributed by atoms with van der Waals surface area (Å²) in [5, 5.41) is 11.9. The number of nitrogens with zero attached hydrogens (tertiary/aromatic N) is 3. The van der Waals surface area contributed by atoms with Crippen molar-refractivity contribution in [2.24, 2.45) is 0 Å². The lowest BCUT2D eigenvalue weighted by Gasteiger charge is -2.10. The van der Waals surface area contributed by atoms with Gasteiger partial charge in [0.25, 0.3) is 15.9 Å². The Labute approximate surface area is 192 Å². The summed E-state index contributed by atoms with van der Waals surface area (Å²) in [4.78, 5) is 12.5. The quantitative estimate of drug-likeness (QED) is 0.546. The van der Waals surface area contributed by atoms with Crippen LogP contribution in [0.15, 0.2) is 53.4 Å². The molecular weight excluding hydrogens is 450 g/mol. The molecule has 0 aliphatic carbocycles. The van der Waals surface area contributed by atoms with E-state index in [2.05, 4.69) is 24.8 Å². The second-order valence-corrected chi connectivity index (χ2v) is 9.76. The number of aryl methyl sites for hydroxylation is 1. The van der Waals surface area contributed by atoms with Gasteiger partial charge in [-0.3, -0.25) is 9.52 Å². The Morgan fingerprint density at radius 1 is 1.00 bits per heavy atom. The number of nitrogens with one attached hydrogen (secondary N) is 2. The van der Waals surface area contributed by atoms with Crippen LogP contribution in [0, 0.1) is 0 Å². The van der Waals surface area contributed by atoms with Gasteiger partial charge in [0.2, 0.25) is 0 Å². The molecule has 1 aliphatic rings. The first kappa shape index (κ1) is 22.3. The molecule has 0 saturated carbocycles. The predicted molar refractivity (Wildman–Crippen MR) is 122 cm³/mol. The summed E-state index contributed by atoms with van der Waals surface area (Å²) in [6.45, 7) is 1.35. The van der Waals surface area contributed by atoms with Gasteiger partial charge in [0, 0.05) is 42.2 Å². The molecule has 0 bridgehead atoms. The van der Waals surface area contributed by atoms with E-state index in [9.17, 15) is 13.2 Å². The number of hydrogen-bond donors (Lipinski definition) is 2. The van der Waals surface area contributed by atoms with E-state index < -0.39 is 10.0 Å². The first-order valence-electron chi connectivity index (χ1n) is 10.5. The molecule has 0 spiro atoms. The summed E-state index contributed by atoms with van der Waals surface area (Å²) in [5.74, 6) is 1.64. The van der Waals surface area contributed by atoms with Crippen molar-refractivity contribution in [1.82, 2.24) is 20.1 Å². The van der Waals surface area contributed by atoms with E-state index in [4.69, 9.17) is 11.6 Å². The van der Waals surface area contributed by atoms with Crippen LogP contribution in [0.25, 0.3) is 0 Å². The molecule has 1 aromatic heterocycles. The van der Waals surface area contributed by atoms with Gasteiger partial charge in [0.1, 0.15) is 11.6 Å². The van der Waals surface area contributed by atoms with Crippen molar-refractivity contribution in [3.63, 3.8) is 0 Å². The molecule has 0 radical (unpaired) electrons. The molecular formula is C22H24ClN5O3S. The standard InChI is InChI=1S/C22H24ClN5O3S/c23-17-7-9-18(10-8-17)27-32(30,31)19-11-5-16(6-12-19)22(29)24-14-13-21-26-25-20-4-2-1-3-15-28(20)21/h5-12,27H,1-4,13-15H2,(H,24,29). The lowest BCUT2D eigenvalue weighted by molar-refractivity contribution is 0.0953. The number of carbonyl (C=O) groups is 1. The first-order chi connectivity index (χ1) is 15.4. The monoisotopic (exact) mass is 473 g/mol. The number of anilines is 1. The van der Waals surface area contributed by atoms with Gasteiger partial charge in [0.05, 0.1) is 4.90 Å². The normalized spacial score (nSPS) is 13.8. The SMILES string of the molecule is O=C(NCCc1nnc2n1CCCCC2)c1ccc(S(=O)(=O)Nc2ccc(Cl)cc2)cc1. The fourth-order valence-electron chi connectivity index (χ4n) is 3.64. The molecule has 1 amide bonds. The highest BCUT2D eigenvalue weighted by atomic mass is 35.5. The Morgan fingerprint density at radius 3 is 2.50 bits per heavy atom.